The van der Waals surface area contributed by atoms with E-state index < -0.39 is 0 Å². The minimum atomic E-state index is 0.515. The molecular formula is C12H19N5OS. The van der Waals surface area contributed by atoms with Gasteiger partial charge in [-0.1, -0.05) is 30.3 Å². The predicted octanol–water partition coefficient (Wildman–Crippen LogP) is 1.97. The largest absolute Gasteiger partial charge is 0.375 e. The molecule has 6 nitrogen and oxygen atoms in total. The average Bonchev–Trinajstić information content (AvgIpc) is 2.97. The Morgan fingerprint density at radius 3 is 2.58 bits per heavy atom. The number of nitrogens with two attached hydrogens (primary N) is 1. The van der Waals surface area contributed by atoms with Gasteiger partial charge in [0, 0.05) is 13.0 Å². The van der Waals surface area contributed by atoms with Gasteiger partial charge in [-0.2, -0.15) is 4.98 Å². The third-order valence-corrected chi connectivity index (χ3v) is 4.00. The fourth-order valence-corrected chi connectivity index (χ4v) is 2.62. The first kappa shape index (κ1) is 14.0. The molecule has 2 aromatic rings. The van der Waals surface area contributed by atoms with E-state index in [-0.39, 0.29) is 0 Å². The molecule has 0 fully saturated rings. The van der Waals surface area contributed by atoms with E-state index in [1.807, 2.05) is 6.92 Å². The SMILES string of the molecule is CCN(CC)CCc1noc(-c2sc(N)nc2C)n1. The van der Waals surface area contributed by atoms with E-state index in [9.17, 15) is 0 Å². The van der Waals surface area contributed by atoms with Gasteiger partial charge in [0.25, 0.3) is 5.89 Å². The second-order valence-electron chi connectivity index (χ2n) is 4.26. The minimum Gasteiger partial charge on any atom is -0.375 e. The molecule has 2 heterocycles. The van der Waals surface area contributed by atoms with Crippen LogP contribution in [0, 0.1) is 6.92 Å². The third kappa shape index (κ3) is 3.30. The normalized spacial score (nSPS) is 11.4. The summed E-state index contributed by atoms with van der Waals surface area (Å²) in [4.78, 5) is 11.7. The van der Waals surface area contributed by atoms with Crippen molar-refractivity contribution in [1.29, 1.82) is 0 Å². The average molecular weight is 281 g/mol. The number of likely N-dealkylation sites (N-methyl/N-ethyl adjacent to an activating group) is 1. The molecule has 0 unspecified atom stereocenters. The number of nitrogen functional groups attached to an aromatic ring is 1. The van der Waals surface area contributed by atoms with Gasteiger partial charge in [0.15, 0.2) is 11.0 Å². The number of nitrogens with zero attached hydrogens (tertiary/aromatic N) is 4. The highest BCUT2D eigenvalue weighted by atomic mass is 32.1. The molecule has 0 radical (unpaired) electrons. The van der Waals surface area contributed by atoms with Gasteiger partial charge >= 0.3 is 0 Å². The van der Waals surface area contributed by atoms with E-state index in [1.54, 1.807) is 0 Å². The van der Waals surface area contributed by atoms with Crippen molar-refractivity contribution in [2.75, 3.05) is 25.4 Å². The zero-order valence-electron chi connectivity index (χ0n) is 11.5. The Bertz CT molecular complexity index is 532. The van der Waals surface area contributed by atoms with Crippen LogP contribution in [0.2, 0.25) is 0 Å². The van der Waals surface area contributed by atoms with Crippen LogP contribution < -0.4 is 5.73 Å². The minimum absolute atomic E-state index is 0.515. The topological polar surface area (TPSA) is 81.1 Å². The van der Waals surface area contributed by atoms with Crippen molar-refractivity contribution in [3.63, 3.8) is 0 Å². The molecule has 0 saturated carbocycles. The van der Waals surface area contributed by atoms with Crippen LogP contribution in [-0.2, 0) is 6.42 Å². The highest BCUT2D eigenvalue weighted by Gasteiger charge is 2.15. The Hall–Kier alpha value is -1.47. The molecule has 7 heteroatoms. The molecule has 0 bridgehead atoms. The Morgan fingerprint density at radius 1 is 1.26 bits per heavy atom. The van der Waals surface area contributed by atoms with Crippen LogP contribution in [0.5, 0.6) is 0 Å². The van der Waals surface area contributed by atoms with Crippen LogP contribution in [-0.4, -0.2) is 39.7 Å². The third-order valence-electron chi connectivity index (χ3n) is 3.02. The monoisotopic (exact) mass is 281 g/mol. The van der Waals surface area contributed by atoms with Gasteiger partial charge in [-0.15, -0.1) is 0 Å². The van der Waals surface area contributed by atoms with E-state index in [4.69, 9.17) is 10.3 Å². The van der Waals surface area contributed by atoms with E-state index in [0.717, 1.165) is 42.5 Å². The number of aromatic nitrogens is 3. The summed E-state index contributed by atoms with van der Waals surface area (Å²) in [6.45, 7) is 9.19. The number of aryl methyl sites for hydroxylation is 1. The van der Waals surface area contributed by atoms with Crippen LogP contribution >= 0.6 is 11.3 Å². The zero-order chi connectivity index (χ0) is 13.8. The summed E-state index contributed by atoms with van der Waals surface area (Å²) in [5.74, 6) is 1.24. The summed E-state index contributed by atoms with van der Waals surface area (Å²) >= 11 is 1.37. The lowest BCUT2D eigenvalue weighted by atomic mass is 10.3. The molecule has 0 aromatic carbocycles. The van der Waals surface area contributed by atoms with Crippen molar-refractivity contribution < 1.29 is 4.52 Å². The van der Waals surface area contributed by atoms with E-state index in [1.165, 1.54) is 11.3 Å². The number of anilines is 1. The Morgan fingerprint density at radius 2 is 2.00 bits per heavy atom. The molecule has 0 spiro atoms. The first-order valence-corrected chi connectivity index (χ1v) is 7.23. The van der Waals surface area contributed by atoms with Gasteiger partial charge in [-0.25, -0.2) is 4.98 Å². The summed E-state index contributed by atoms with van der Waals surface area (Å²) in [5, 5.41) is 4.53. The van der Waals surface area contributed by atoms with Gasteiger partial charge in [0.05, 0.1) is 5.69 Å². The van der Waals surface area contributed by atoms with Gasteiger partial charge in [-0.3, -0.25) is 0 Å². The fraction of sp³-hybridized carbons (Fsp3) is 0.583. The summed E-state index contributed by atoms with van der Waals surface area (Å²) in [7, 11) is 0. The van der Waals surface area contributed by atoms with E-state index in [2.05, 4.69) is 33.9 Å². The maximum Gasteiger partial charge on any atom is 0.269 e. The fourth-order valence-electron chi connectivity index (χ4n) is 1.86. The quantitative estimate of drug-likeness (QED) is 0.871. The van der Waals surface area contributed by atoms with Crippen LogP contribution in [0.3, 0.4) is 0 Å². The lowest BCUT2D eigenvalue weighted by Gasteiger charge is -2.16. The molecule has 19 heavy (non-hydrogen) atoms. The number of thiazole rings is 1. The van der Waals surface area contributed by atoms with Gasteiger partial charge in [0.2, 0.25) is 0 Å². The highest BCUT2D eigenvalue weighted by Crippen LogP contribution is 2.29. The van der Waals surface area contributed by atoms with Crippen molar-refractivity contribution in [3.05, 3.63) is 11.5 Å². The summed E-state index contributed by atoms with van der Waals surface area (Å²) in [6, 6.07) is 0. The number of rotatable bonds is 6. The van der Waals surface area contributed by atoms with Crippen molar-refractivity contribution in [3.8, 4) is 10.8 Å². The molecule has 2 aromatic heterocycles. The standard InChI is InChI=1S/C12H19N5OS/c1-4-17(5-2)7-6-9-15-11(18-16-9)10-8(3)14-12(13)19-10/h4-7H2,1-3H3,(H2,13,14). The molecular weight excluding hydrogens is 262 g/mol. The predicted molar refractivity (Wildman–Crippen MR) is 76.0 cm³/mol. The highest BCUT2D eigenvalue weighted by molar-refractivity contribution is 7.18. The molecule has 0 aliphatic rings. The summed E-state index contributed by atoms with van der Waals surface area (Å²) in [5.41, 5.74) is 6.50. The molecule has 0 amide bonds. The molecule has 0 aliphatic carbocycles. The Labute approximate surface area is 116 Å². The zero-order valence-corrected chi connectivity index (χ0v) is 12.3. The molecule has 0 atom stereocenters. The van der Waals surface area contributed by atoms with Crippen molar-refractivity contribution >= 4 is 16.5 Å². The Kier molecular flexibility index (Phi) is 4.49. The van der Waals surface area contributed by atoms with Crippen LogP contribution in [0.1, 0.15) is 25.4 Å². The van der Waals surface area contributed by atoms with Crippen molar-refractivity contribution in [1.82, 2.24) is 20.0 Å². The maximum absolute atomic E-state index is 5.67. The van der Waals surface area contributed by atoms with Gasteiger partial charge in [-0.05, 0) is 20.0 Å². The molecule has 2 N–H and O–H groups in total. The Balaban J connectivity index is 2.05. The lowest BCUT2D eigenvalue weighted by Crippen LogP contribution is -2.25. The summed E-state index contributed by atoms with van der Waals surface area (Å²) < 4.78 is 5.28. The van der Waals surface area contributed by atoms with Crippen LogP contribution in [0.15, 0.2) is 4.52 Å². The van der Waals surface area contributed by atoms with Crippen LogP contribution in [0.25, 0.3) is 10.8 Å². The number of hydrogen-bond donors (Lipinski definition) is 1. The van der Waals surface area contributed by atoms with Gasteiger partial charge in [0.1, 0.15) is 4.88 Å². The smallest absolute Gasteiger partial charge is 0.269 e. The molecule has 104 valence electrons. The van der Waals surface area contributed by atoms with Crippen molar-refractivity contribution in [2.45, 2.75) is 27.2 Å². The van der Waals surface area contributed by atoms with E-state index >= 15 is 0 Å². The molecule has 0 aliphatic heterocycles. The van der Waals surface area contributed by atoms with E-state index in [0.29, 0.717) is 11.0 Å². The second-order valence-corrected chi connectivity index (χ2v) is 5.29. The molecule has 0 saturated heterocycles. The second kappa shape index (κ2) is 6.12. The number of hydrogen-bond acceptors (Lipinski definition) is 7. The first-order chi connectivity index (χ1) is 9.13. The molecule has 2 rings (SSSR count). The van der Waals surface area contributed by atoms with Gasteiger partial charge < -0.3 is 15.2 Å². The maximum atomic E-state index is 5.67. The van der Waals surface area contributed by atoms with Crippen LogP contribution in [0.4, 0.5) is 5.13 Å². The summed E-state index contributed by atoms with van der Waals surface area (Å²) in [6.07, 6.45) is 0.790. The lowest BCUT2D eigenvalue weighted by molar-refractivity contribution is 0.303. The first-order valence-electron chi connectivity index (χ1n) is 6.42. The van der Waals surface area contributed by atoms with Crippen molar-refractivity contribution in [2.24, 2.45) is 0 Å².